The van der Waals surface area contributed by atoms with Crippen LogP contribution in [0.4, 0.5) is 24.8 Å². The first kappa shape index (κ1) is 20.6. The maximum absolute atomic E-state index is 12.8. The molecular weight excluding hydrogens is 415 g/mol. The molecule has 4 heterocycles. The largest absolute Gasteiger partial charge is 0.419 e. The van der Waals surface area contributed by atoms with Crippen LogP contribution in [0.25, 0.3) is 11.5 Å². The van der Waals surface area contributed by atoms with E-state index in [-0.39, 0.29) is 29.3 Å². The Balaban J connectivity index is 1.69. The third kappa shape index (κ3) is 3.43. The number of aryl methyl sites for hydroxylation is 1. The Hall–Kier alpha value is -3.70. The van der Waals surface area contributed by atoms with Crippen LogP contribution in [0, 0.1) is 6.92 Å². The Morgan fingerprint density at radius 3 is 2.71 bits per heavy atom. The Morgan fingerprint density at radius 1 is 1.35 bits per heavy atom. The molecule has 1 amide bonds. The second-order valence-corrected chi connectivity index (χ2v) is 7.08. The fourth-order valence-electron chi connectivity index (χ4n) is 3.34. The van der Waals surface area contributed by atoms with Crippen molar-refractivity contribution in [1.29, 1.82) is 0 Å². The highest BCUT2D eigenvalue weighted by molar-refractivity contribution is 5.91. The predicted molar refractivity (Wildman–Crippen MR) is 103 cm³/mol. The summed E-state index contributed by atoms with van der Waals surface area (Å²) in [5.74, 6) is 0.369. The van der Waals surface area contributed by atoms with Crippen LogP contribution < -0.4 is 10.6 Å². The third-order valence-electron chi connectivity index (χ3n) is 5.25. The van der Waals surface area contributed by atoms with Gasteiger partial charge in [0.05, 0.1) is 5.56 Å². The molecule has 0 radical (unpaired) electrons. The van der Waals surface area contributed by atoms with Crippen LogP contribution >= 0.6 is 0 Å². The highest BCUT2D eigenvalue weighted by atomic mass is 19.4. The summed E-state index contributed by atoms with van der Waals surface area (Å²) in [6, 6.07) is 2.12. The molecule has 0 saturated carbocycles. The maximum atomic E-state index is 12.8. The zero-order chi connectivity index (χ0) is 22.4. The van der Waals surface area contributed by atoms with Gasteiger partial charge in [0.15, 0.2) is 5.82 Å². The van der Waals surface area contributed by atoms with Crippen LogP contribution in [0.15, 0.2) is 35.4 Å². The molecular formula is C19H18F3N7O2. The number of hydrogen-bond donors (Lipinski definition) is 2. The van der Waals surface area contributed by atoms with Crippen molar-refractivity contribution in [2.45, 2.75) is 24.9 Å². The topological polar surface area (TPSA) is 111 Å². The van der Waals surface area contributed by atoms with Crippen LogP contribution in [-0.4, -0.2) is 37.4 Å². The normalized spacial score (nSPS) is 18.8. The summed E-state index contributed by atoms with van der Waals surface area (Å²) in [6.45, 7) is 5.96. The van der Waals surface area contributed by atoms with Gasteiger partial charge in [0.2, 0.25) is 11.8 Å². The summed E-state index contributed by atoms with van der Waals surface area (Å²) in [6.07, 6.45) is -1.83. The Bertz CT molecular complexity index is 1150. The van der Waals surface area contributed by atoms with Gasteiger partial charge in [-0.2, -0.15) is 18.3 Å². The van der Waals surface area contributed by atoms with Gasteiger partial charge in [0.25, 0.3) is 5.89 Å². The number of aromatic nitrogens is 5. The van der Waals surface area contributed by atoms with Gasteiger partial charge in [0.1, 0.15) is 16.8 Å². The molecule has 0 bridgehead atoms. The predicted octanol–water partition coefficient (Wildman–Crippen LogP) is 2.88. The van der Waals surface area contributed by atoms with E-state index in [2.05, 4.69) is 37.5 Å². The van der Waals surface area contributed by atoms with Gasteiger partial charge in [-0.25, -0.2) is 4.98 Å². The molecule has 9 nitrogen and oxygen atoms in total. The van der Waals surface area contributed by atoms with Crippen LogP contribution in [0.1, 0.15) is 23.6 Å². The van der Waals surface area contributed by atoms with Gasteiger partial charge in [-0.05, 0) is 25.5 Å². The summed E-state index contributed by atoms with van der Waals surface area (Å²) >= 11 is 0. The molecule has 31 heavy (non-hydrogen) atoms. The molecule has 1 aliphatic rings. The highest BCUT2D eigenvalue weighted by Crippen LogP contribution is 2.37. The summed E-state index contributed by atoms with van der Waals surface area (Å²) in [7, 11) is 1.69. The molecule has 1 saturated heterocycles. The van der Waals surface area contributed by atoms with E-state index in [1.165, 1.54) is 12.1 Å². The third-order valence-corrected chi connectivity index (χ3v) is 5.25. The number of carbonyl (C=O) groups excluding carboxylic acids is 1. The minimum atomic E-state index is -4.48. The number of amides is 1. The summed E-state index contributed by atoms with van der Waals surface area (Å²) in [4.78, 5) is 16.1. The number of hydrogen-bond acceptors (Lipinski definition) is 7. The van der Waals surface area contributed by atoms with Crippen molar-refractivity contribution < 1.29 is 22.4 Å². The molecule has 0 aliphatic carbocycles. The summed E-state index contributed by atoms with van der Waals surface area (Å²) < 4.78 is 45.7. The lowest BCUT2D eigenvalue weighted by atomic mass is 9.86. The molecule has 0 spiro atoms. The zero-order valence-corrected chi connectivity index (χ0v) is 16.6. The van der Waals surface area contributed by atoms with Gasteiger partial charge < -0.3 is 15.1 Å². The minimum absolute atomic E-state index is 0.106. The van der Waals surface area contributed by atoms with Gasteiger partial charge in [0, 0.05) is 25.5 Å². The van der Waals surface area contributed by atoms with Crippen LogP contribution in [0.3, 0.4) is 0 Å². The van der Waals surface area contributed by atoms with Crippen molar-refractivity contribution in [3.63, 3.8) is 0 Å². The minimum Gasteiger partial charge on any atom is -0.419 e. The number of rotatable bonds is 5. The number of pyridine rings is 1. The first-order valence-electron chi connectivity index (χ1n) is 9.26. The van der Waals surface area contributed by atoms with Gasteiger partial charge in [-0.15, -0.1) is 16.8 Å². The fraction of sp³-hybridized carbons (Fsp3) is 0.316. The quantitative estimate of drug-likeness (QED) is 0.595. The number of anilines is 2. The van der Waals surface area contributed by atoms with Crippen LogP contribution in [0.2, 0.25) is 0 Å². The first-order chi connectivity index (χ1) is 14.7. The Labute approximate surface area is 174 Å². The molecule has 1 unspecified atom stereocenters. The van der Waals surface area contributed by atoms with Crippen molar-refractivity contribution >= 4 is 17.5 Å². The van der Waals surface area contributed by atoms with Crippen molar-refractivity contribution in [3.05, 3.63) is 48.1 Å². The molecule has 162 valence electrons. The molecule has 3 aromatic heterocycles. The van der Waals surface area contributed by atoms with E-state index >= 15 is 0 Å². The number of nitrogens with one attached hydrogen (secondary N) is 2. The molecule has 2 N–H and O–H groups in total. The lowest BCUT2D eigenvalue weighted by Crippen LogP contribution is -2.33. The van der Waals surface area contributed by atoms with E-state index in [1.807, 2.05) is 0 Å². The van der Waals surface area contributed by atoms with E-state index in [0.717, 1.165) is 12.3 Å². The van der Waals surface area contributed by atoms with E-state index in [0.29, 0.717) is 24.2 Å². The number of nitrogens with zero attached hydrogens (tertiary/aromatic N) is 5. The van der Waals surface area contributed by atoms with Gasteiger partial charge in [-0.3, -0.25) is 9.48 Å². The maximum Gasteiger partial charge on any atom is 0.417 e. The molecule has 12 heteroatoms. The summed E-state index contributed by atoms with van der Waals surface area (Å²) in [5, 5.41) is 18.1. The number of carbonyl (C=O) groups is 1. The first-order valence-corrected chi connectivity index (χ1v) is 9.26. The molecule has 1 atom stereocenters. The summed E-state index contributed by atoms with van der Waals surface area (Å²) in [5.41, 5.74) is -0.862. The molecule has 3 aromatic rings. The SMILES string of the molecule is C=CC1(c2nnc(-c3c(Nc4ccc(C(F)(F)F)cn4)nn(C)c3C)o2)CCNC1=O. The average molecular weight is 433 g/mol. The van der Waals surface area contributed by atoms with Crippen LogP contribution in [0.5, 0.6) is 0 Å². The second-order valence-electron chi connectivity index (χ2n) is 7.08. The Kier molecular flexibility index (Phi) is 4.79. The standard InChI is InChI=1S/C19H18F3N7O2/c1-4-18(7-8-23-16(18)30)17-27-26-15(31-17)13-10(2)29(3)28-14(13)25-12-6-5-11(9-24-12)19(20,21)22/h4-6,9H,1,7-8H2,2-3H3,(H,23,30)(H,24,25,28). The second kappa shape index (κ2) is 7.22. The van der Waals surface area contributed by atoms with Crippen molar-refractivity contribution in [2.75, 3.05) is 11.9 Å². The lowest BCUT2D eigenvalue weighted by molar-refractivity contribution is -0.137. The lowest BCUT2D eigenvalue weighted by Gasteiger charge is -2.15. The smallest absolute Gasteiger partial charge is 0.417 e. The van der Waals surface area contributed by atoms with E-state index in [4.69, 9.17) is 4.42 Å². The van der Waals surface area contributed by atoms with Crippen molar-refractivity contribution in [1.82, 2.24) is 30.3 Å². The zero-order valence-electron chi connectivity index (χ0n) is 16.6. The van der Waals surface area contributed by atoms with Crippen LogP contribution in [-0.2, 0) is 23.4 Å². The molecule has 1 fully saturated rings. The van der Waals surface area contributed by atoms with Gasteiger partial charge in [-0.1, -0.05) is 6.08 Å². The van der Waals surface area contributed by atoms with E-state index < -0.39 is 17.2 Å². The van der Waals surface area contributed by atoms with E-state index in [1.54, 1.807) is 18.7 Å². The average Bonchev–Trinajstić information content (AvgIpc) is 3.41. The molecule has 4 rings (SSSR count). The Morgan fingerprint density at radius 2 is 2.13 bits per heavy atom. The monoisotopic (exact) mass is 433 g/mol. The number of halogens is 3. The molecule has 1 aliphatic heterocycles. The van der Waals surface area contributed by atoms with Gasteiger partial charge >= 0.3 is 6.18 Å². The highest BCUT2D eigenvalue weighted by Gasteiger charge is 2.46. The van der Waals surface area contributed by atoms with Crippen molar-refractivity contribution in [3.8, 4) is 11.5 Å². The number of alkyl halides is 3. The van der Waals surface area contributed by atoms with Crippen molar-refractivity contribution in [2.24, 2.45) is 7.05 Å². The van der Waals surface area contributed by atoms with E-state index in [9.17, 15) is 18.0 Å². The fourth-order valence-corrected chi connectivity index (χ4v) is 3.34. The molecule has 0 aromatic carbocycles.